The summed E-state index contributed by atoms with van der Waals surface area (Å²) in [6, 6.07) is 1.54. The number of hydrogen-bond donors (Lipinski definition) is 1. The molecule has 0 aliphatic heterocycles. The third-order valence-corrected chi connectivity index (χ3v) is 9.36. The number of amides is 1. The van der Waals surface area contributed by atoms with E-state index in [-0.39, 0.29) is 23.0 Å². The number of carbonyl (C=O) groups is 1. The summed E-state index contributed by atoms with van der Waals surface area (Å²) in [5.41, 5.74) is 0. The van der Waals surface area contributed by atoms with Gasteiger partial charge in [0.05, 0.1) is 0 Å². The van der Waals surface area contributed by atoms with E-state index in [1.165, 1.54) is 6.33 Å². The van der Waals surface area contributed by atoms with Crippen LogP contribution in [0.4, 0.5) is 5.82 Å². The highest BCUT2D eigenvalue weighted by Gasteiger charge is 2.43. The Morgan fingerprint density at radius 1 is 1.36 bits per heavy atom. The van der Waals surface area contributed by atoms with E-state index in [2.05, 4.69) is 49.1 Å². The van der Waals surface area contributed by atoms with Gasteiger partial charge in [0, 0.05) is 18.1 Å². The minimum atomic E-state index is -1.75. The number of nitrogens with zero attached hydrogens (tertiary/aromatic N) is 2. The summed E-state index contributed by atoms with van der Waals surface area (Å²) in [5.74, 6) is 0.409. The van der Waals surface area contributed by atoms with E-state index in [4.69, 9.17) is 16.0 Å². The molecule has 1 aliphatic rings. The van der Waals surface area contributed by atoms with Crippen molar-refractivity contribution in [3.05, 3.63) is 17.5 Å². The zero-order chi connectivity index (χ0) is 16.5. The molecule has 0 aromatic carbocycles. The van der Waals surface area contributed by atoms with Crippen LogP contribution in [0.5, 0.6) is 0 Å². The lowest BCUT2D eigenvalue weighted by molar-refractivity contribution is -0.125. The molecule has 1 aliphatic carbocycles. The summed E-state index contributed by atoms with van der Waals surface area (Å²) in [6.07, 6.45) is 3.08. The maximum absolute atomic E-state index is 12.2. The third-order valence-electron chi connectivity index (χ3n) is 4.62. The molecular weight excluding hydrogens is 318 g/mol. The van der Waals surface area contributed by atoms with Crippen LogP contribution in [0.15, 0.2) is 12.4 Å². The van der Waals surface area contributed by atoms with E-state index >= 15 is 0 Å². The molecule has 0 unspecified atom stereocenters. The lowest BCUT2D eigenvalue weighted by atomic mass is 9.82. The Morgan fingerprint density at radius 2 is 2.00 bits per heavy atom. The molecule has 1 fully saturated rings. The number of rotatable bonds is 4. The quantitative estimate of drug-likeness (QED) is 0.667. The van der Waals surface area contributed by atoms with Crippen molar-refractivity contribution in [3.63, 3.8) is 0 Å². The van der Waals surface area contributed by atoms with Gasteiger partial charge in [0.2, 0.25) is 5.91 Å². The minimum absolute atomic E-state index is 0.0106. The fraction of sp³-hybridized carbons (Fsp3) is 0.667. The SMILES string of the molecule is CC(C)(C)[Si](C)(C)O[C@H]1C[C@H](C(=O)Nc2cc(Cl)ncn2)C1. The molecule has 7 heteroatoms. The molecule has 5 nitrogen and oxygen atoms in total. The van der Waals surface area contributed by atoms with Gasteiger partial charge in [-0.3, -0.25) is 4.79 Å². The highest BCUT2D eigenvalue weighted by molar-refractivity contribution is 6.74. The summed E-state index contributed by atoms with van der Waals surface area (Å²) in [7, 11) is -1.75. The zero-order valence-electron chi connectivity index (χ0n) is 13.8. The maximum Gasteiger partial charge on any atom is 0.228 e. The summed E-state index contributed by atoms with van der Waals surface area (Å²) < 4.78 is 6.30. The molecule has 1 aromatic rings. The smallest absolute Gasteiger partial charge is 0.228 e. The fourth-order valence-corrected chi connectivity index (χ4v) is 3.63. The van der Waals surface area contributed by atoms with Crippen LogP contribution in [0, 0.1) is 5.92 Å². The first-order valence-electron chi connectivity index (χ1n) is 7.55. The van der Waals surface area contributed by atoms with Crippen LogP contribution in [0.1, 0.15) is 33.6 Å². The van der Waals surface area contributed by atoms with E-state index in [1.807, 2.05) is 0 Å². The summed E-state index contributed by atoms with van der Waals surface area (Å²) in [4.78, 5) is 19.9. The molecule has 1 amide bonds. The maximum atomic E-state index is 12.2. The van der Waals surface area contributed by atoms with Gasteiger partial charge >= 0.3 is 0 Å². The Kier molecular flexibility index (Phi) is 4.94. The molecule has 122 valence electrons. The number of nitrogens with one attached hydrogen (secondary N) is 1. The van der Waals surface area contributed by atoms with Gasteiger partial charge in [-0.15, -0.1) is 0 Å². The highest BCUT2D eigenvalue weighted by Crippen LogP contribution is 2.41. The van der Waals surface area contributed by atoms with Gasteiger partial charge in [-0.25, -0.2) is 9.97 Å². The van der Waals surface area contributed by atoms with Crippen molar-refractivity contribution in [2.24, 2.45) is 5.92 Å². The van der Waals surface area contributed by atoms with Crippen LogP contribution in [-0.2, 0) is 9.22 Å². The fourth-order valence-electron chi connectivity index (χ4n) is 2.10. The van der Waals surface area contributed by atoms with Crippen LogP contribution in [0.2, 0.25) is 23.3 Å². The second-order valence-electron chi connectivity index (χ2n) is 7.38. The first-order chi connectivity index (χ1) is 10.1. The topological polar surface area (TPSA) is 64.1 Å². The standard InChI is InChI=1S/C15H24ClN3O2Si/c1-15(2,3)22(4,5)21-11-6-10(7-11)14(20)19-13-8-12(16)17-9-18-13/h8-11H,6-7H2,1-5H3,(H,17,18,19,20)/t10-,11-. The molecule has 2 rings (SSSR count). The second kappa shape index (κ2) is 6.26. The van der Waals surface area contributed by atoms with E-state index in [9.17, 15) is 4.79 Å². The predicted molar refractivity (Wildman–Crippen MR) is 90.5 cm³/mol. The molecular formula is C15H24ClN3O2Si. The van der Waals surface area contributed by atoms with Gasteiger partial charge in [-0.1, -0.05) is 32.4 Å². The molecule has 1 heterocycles. The molecule has 0 bridgehead atoms. The van der Waals surface area contributed by atoms with Gasteiger partial charge in [-0.2, -0.15) is 0 Å². The first kappa shape index (κ1) is 17.4. The van der Waals surface area contributed by atoms with Crippen molar-refractivity contribution in [1.82, 2.24) is 9.97 Å². The Balaban J connectivity index is 1.83. The molecule has 22 heavy (non-hydrogen) atoms. The molecule has 1 saturated carbocycles. The number of aromatic nitrogens is 2. The second-order valence-corrected chi connectivity index (χ2v) is 12.5. The monoisotopic (exact) mass is 341 g/mol. The van der Waals surface area contributed by atoms with Crippen LogP contribution in [-0.4, -0.2) is 30.3 Å². The van der Waals surface area contributed by atoms with Crippen LogP contribution in [0.3, 0.4) is 0 Å². The predicted octanol–water partition coefficient (Wildman–Crippen LogP) is 3.87. The van der Waals surface area contributed by atoms with Crippen molar-refractivity contribution in [1.29, 1.82) is 0 Å². The number of carbonyl (C=O) groups excluding carboxylic acids is 1. The molecule has 0 radical (unpaired) electrons. The van der Waals surface area contributed by atoms with Crippen molar-refractivity contribution < 1.29 is 9.22 Å². The lowest BCUT2D eigenvalue weighted by Crippen LogP contribution is -2.49. The number of anilines is 1. The Hall–Kier alpha value is -0.983. The van der Waals surface area contributed by atoms with E-state index in [1.54, 1.807) is 6.07 Å². The van der Waals surface area contributed by atoms with Crippen LogP contribution >= 0.6 is 11.6 Å². The van der Waals surface area contributed by atoms with Gasteiger partial charge in [-0.05, 0) is 31.0 Å². The van der Waals surface area contributed by atoms with Crippen LogP contribution < -0.4 is 5.32 Å². The molecule has 1 aromatic heterocycles. The van der Waals surface area contributed by atoms with Gasteiger partial charge in [0.15, 0.2) is 8.32 Å². The zero-order valence-corrected chi connectivity index (χ0v) is 15.6. The van der Waals surface area contributed by atoms with Crippen molar-refractivity contribution in [2.75, 3.05) is 5.32 Å². The average molecular weight is 342 g/mol. The summed E-state index contributed by atoms with van der Waals surface area (Å²) >= 11 is 5.78. The molecule has 1 N–H and O–H groups in total. The molecule has 0 spiro atoms. The van der Waals surface area contributed by atoms with Crippen molar-refractivity contribution in [3.8, 4) is 0 Å². The summed E-state index contributed by atoms with van der Waals surface area (Å²) in [5, 5.41) is 3.29. The Morgan fingerprint density at radius 3 is 2.55 bits per heavy atom. The van der Waals surface area contributed by atoms with E-state index < -0.39 is 8.32 Å². The Labute approximate surface area is 138 Å². The van der Waals surface area contributed by atoms with Crippen molar-refractivity contribution >= 4 is 31.6 Å². The number of halogens is 1. The van der Waals surface area contributed by atoms with Gasteiger partial charge < -0.3 is 9.74 Å². The first-order valence-corrected chi connectivity index (χ1v) is 10.8. The Bertz CT molecular complexity index is 554. The van der Waals surface area contributed by atoms with E-state index in [0.29, 0.717) is 11.0 Å². The van der Waals surface area contributed by atoms with Crippen molar-refractivity contribution in [2.45, 2.75) is 57.8 Å². The number of hydrogen-bond acceptors (Lipinski definition) is 4. The van der Waals surface area contributed by atoms with Gasteiger partial charge in [0.25, 0.3) is 0 Å². The highest BCUT2D eigenvalue weighted by atomic mass is 35.5. The third kappa shape index (κ3) is 4.06. The van der Waals surface area contributed by atoms with E-state index in [0.717, 1.165) is 12.8 Å². The van der Waals surface area contributed by atoms with Gasteiger partial charge in [0.1, 0.15) is 17.3 Å². The van der Waals surface area contributed by atoms with Crippen LogP contribution in [0.25, 0.3) is 0 Å². The minimum Gasteiger partial charge on any atom is -0.414 e. The lowest BCUT2D eigenvalue weighted by Gasteiger charge is -2.44. The summed E-state index contributed by atoms with van der Waals surface area (Å²) in [6.45, 7) is 11.1. The molecule has 0 saturated heterocycles. The largest absolute Gasteiger partial charge is 0.414 e. The average Bonchev–Trinajstić information content (AvgIpc) is 2.31. The molecule has 0 atom stereocenters. The normalized spacial score (nSPS) is 22.1.